The van der Waals surface area contributed by atoms with Crippen LogP contribution in [0.3, 0.4) is 0 Å². The van der Waals surface area contributed by atoms with Crippen molar-refractivity contribution in [1.82, 2.24) is 0 Å². The maximum Gasteiger partial charge on any atom is 0.184 e. The van der Waals surface area contributed by atoms with Crippen molar-refractivity contribution in [1.29, 1.82) is 0 Å². The van der Waals surface area contributed by atoms with E-state index in [1.54, 1.807) is 0 Å². The van der Waals surface area contributed by atoms with Crippen LogP contribution in [0.25, 0.3) is 0 Å². The van der Waals surface area contributed by atoms with Gasteiger partial charge in [0, 0.05) is 0 Å². The molecule has 1 atom stereocenters. The van der Waals surface area contributed by atoms with Gasteiger partial charge in [0.05, 0.1) is 6.10 Å². The maximum atomic E-state index is 6.30. The van der Waals surface area contributed by atoms with Crippen LogP contribution in [-0.4, -0.2) is 14.4 Å². The zero-order valence-electron chi connectivity index (χ0n) is 9.23. The molecular weight excluding hydrogens is 176 g/mol. The topological polar surface area (TPSA) is 9.23 Å². The summed E-state index contributed by atoms with van der Waals surface area (Å²) in [6.45, 7) is 6.95. The van der Waals surface area contributed by atoms with Crippen molar-refractivity contribution in [2.75, 3.05) is 0 Å². The molecule has 76 valence electrons. The molecule has 0 heterocycles. The molecule has 0 N–H and O–H groups in total. The van der Waals surface area contributed by atoms with Gasteiger partial charge in [-0.05, 0) is 50.7 Å². The average Bonchev–Trinajstić information content (AvgIpc) is 2.73. The summed E-state index contributed by atoms with van der Waals surface area (Å²) in [5.41, 5.74) is 0.665. The lowest BCUT2D eigenvalue weighted by atomic mass is 9.84. The van der Waals surface area contributed by atoms with E-state index in [2.05, 4.69) is 19.6 Å². The van der Waals surface area contributed by atoms with Gasteiger partial charge in [0.1, 0.15) is 0 Å². The highest BCUT2D eigenvalue weighted by molar-refractivity contribution is 6.69. The van der Waals surface area contributed by atoms with Gasteiger partial charge in [0.2, 0.25) is 0 Å². The molecule has 1 nitrogen and oxygen atoms in total. The van der Waals surface area contributed by atoms with Gasteiger partial charge in [0.15, 0.2) is 8.32 Å². The molecule has 0 aromatic heterocycles. The molecule has 0 aromatic rings. The average molecular weight is 198 g/mol. The second kappa shape index (κ2) is 3.09. The molecule has 2 aliphatic rings. The van der Waals surface area contributed by atoms with Gasteiger partial charge < -0.3 is 4.43 Å². The molecule has 2 saturated carbocycles. The van der Waals surface area contributed by atoms with Crippen LogP contribution in [0.1, 0.15) is 38.5 Å². The number of hydrogen-bond acceptors (Lipinski definition) is 1. The summed E-state index contributed by atoms with van der Waals surface area (Å²) in [7, 11) is -1.29. The van der Waals surface area contributed by atoms with E-state index >= 15 is 0 Å². The van der Waals surface area contributed by atoms with E-state index in [9.17, 15) is 0 Å². The van der Waals surface area contributed by atoms with E-state index < -0.39 is 8.32 Å². The lowest BCUT2D eigenvalue weighted by Crippen LogP contribution is -2.39. The molecule has 0 amide bonds. The Hall–Kier alpha value is 0.177. The molecule has 0 aliphatic heterocycles. The Morgan fingerprint density at radius 2 is 1.77 bits per heavy atom. The minimum atomic E-state index is -1.29. The standard InChI is InChI=1S/C11H22OSi/c1-13(2,3)12-10-6-4-5-7-11(10)8-9-11/h10H,4-9H2,1-3H3. The third kappa shape index (κ3) is 2.16. The molecule has 0 bridgehead atoms. The Balaban J connectivity index is 1.97. The highest BCUT2D eigenvalue weighted by atomic mass is 28.4. The van der Waals surface area contributed by atoms with Gasteiger partial charge in [-0.1, -0.05) is 12.8 Å². The fourth-order valence-corrected chi connectivity index (χ4v) is 3.84. The molecule has 2 aliphatic carbocycles. The molecular formula is C11H22OSi. The van der Waals surface area contributed by atoms with Crippen LogP contribution in [0.15, 0.2) is 0 Å². The Morgan fingerprint density at radius 3 is 2.31 bits per heavy atom. The van der Waals surface area contributed by atoms with Crippen molar-refractivity contribution < 1.29 is 4.43 Å². The summed E-state index contributed by atoms with van der Waals surface area (Å²) in [6.07, 6.45) is 9.16. The van der Waals surface area contributed by atoms with Gasteiger partial charge in [-0.25, -0.2) is 0 Å². The van der Waals surface area contributed by atoms with Crippen molar-refractivity contribution in [3.05, 3.63) is 0 Å². The smallest absolute Gasteiger partial charge is 0.184 e. The van der Waals surface area contributed by atoms with Gasteiger partial charge in [0.25, 0.3) is 0 Å². The fourth-order valence-electron chi connectivity index (χ4n) is 2.62. The summed E-state index contributed by atoms with van der Waals surface area (Å²) in [6, 6.07) is 0. The predicted molar refractivity (Wildman–Crippen MR) is 58.4 cm³/mol. The van der Waals surface area contributed by atoms with Gasteiger partial charge in [-0.15, -0.1) is 0 Å². The lowest BCUT2D eigenvalue weighted by molar-refractivity contribution is 0.0705. The quantitative estimate of drug-likeness (QED) is 0.616. The van der Waals surface area contributed by atoms with Crippen molar-refractivity contribution in [3.8, 4) is 0 Å². The van der Waals surface area contributed by atoms with E-state index in [1.165, 1.54) is 38.5 Å². The van der Waals surface area contributed by atoms with Crippen LogP contribution in [0.5, 0.6) is 0 Å². The van der Waals surface area contributed by atoms with Crippen LogP contribution in [-0.2, 0) is 4.43 Å². The second-order valence-corrected chi connectivity index (χ2v) is 10.3. The molecule has 0 radical (unpaired) electrons. The third-order valence-electron chi connectivity index (χ3n) is 3.46. The number of rotatable bonds is 2. The van der Waals surface area contributed by atoms with Gasteiger partial charge >= 0.3 is 0 Å². The highest BCUT2D eigenvalue weighted by Crippen LogP contribution is 2.57. The summed E-state index contributed by atoms with van der Waals surface area (Å²) in [5, 5.41) is 0. The Kier molecular flexibility index (Phi) is 2.31. The SMILES string of the molecule is C[Si](C)(C)OC1CCCCC12CC2. The Bertz CT molecular complexity index is 191. The minimum Gasteiger partial charge on any atom is -0.414 e. The lowest BCUT2D eigenvalue weighted by Gasteiger charge is -2.36. The monoisotopic (exact) mass is 198 g/mol. The molecule has 1 unspecified atom stereocenters. The van der Waals surface area contributed by atoms with Gasteiger partial charge in [-0.3, -0.25) is 0 Å². The summed E-state index contributed by atoms with van der Waals surface area (Å²) < 4.78 is 6.30. The van der Waals surface area contributed by atoms with Crippen LogP contribution < -0.4 is 0 Å². The fraction of sp³-hybridized carbons (Fsp3) is 1.00. The van der Waals surface area contributed by atoms with Crippen molar-refractivity contribution in [3.63, 3.8) is 0 Å². The van der Waals surface area contributed by atoms with Crippen molar-refractivity contribution in [2.24, 2.45) is 5.41 Å². The molecule has 0 aromatic carbocycles. The van der Waals surface area contributed by atoms with E-state index in [0.717, 1.165) is 0 Å². The van der Waals surface area contributed by atoms with Crippen LogP contribution in [0.4, 0.5) is 0 Å². The Morgan fingerprint density at radius 1 is 1.08 bits per heavy atom. The van der Waals surface area contributed by atoms with Crippen molar-refractivity contribution in [2.45, 2.75) is 64.3 Å². The first-order valence-electron chi connectivity index (χ1n) is 5.70. The van der Waals surface area contributed by atoms with E-state index in [-0.39, 0.29) is 0 Å². The predicted octanol–water partition coefficient (Wildman–Crippen LogP) is 3.56. The van der Waals surface area contributed by atoms with Crippen molar-refractivity contribution >= 4 is 8.32 Å². The second-order valence-electron chi connectivity index (χ2n) is 5.83. The van der Waals surface area contributed by atoms with Gasteiger partial charge in [-0.2, -0.15) is 0 Å². The first-order valence-corrected chi connectivity index (χ1v) is 9.11. The largest absolute Gasteiger partial charge is 0.414 e. The zero-order valence-corrected chi connectivity index (χ0v) is 10.2. The zero-order chi connectivity index (χ0) is 9.53. The summed E-state index contributed by atoms with van der Waals surface area (Å²) >= 11 is 0. The minimum absolute atomic E-state index is 0.632. The van der Waals surface area contributed by atoms with Crippen LogP contribution in [0, 0.1) is 5.41 Å². The summed E-state index contributed by atoms with van der Waals surface area (Å²) in [4.78, 5) is 0. The van der Waals surface area contributed by atoms with Crippen LogP contribution >= 0.6 is 0 Å². The molecule has 1 spiro atoms. The molecule has 2 fully saturated rings. The number of hydrogen-bond donors (Lipinski definition) is 0. The van der Waals surface area contributed by atoms with E-state index in [1.807, 2.05) is 0 Å². The molecule has 13 heavy (non-hydrogen) atoms. The Labute approximate surface area is 83.0 Å². The normalized spacial score (nSPS) is 32.1. The summed E-state index contributed by atoms with van der Waals surface area (Å²) in [5.74, 6) is 0. The van der Waals surface area contributed by atoms with E-state index in [0.29, 0.717) is 11.5 Å². The highest BCUT2D eigenvalue weighted by Gasteiger charge is 2.51. The molecule has 0 saturated heterocycles. The first kappa shape index (κ1) is 9.72. The maximum absolute atomic E-state index is 6.30. The first-order chi connectivity index (χ1) is 6.02. The van der Waals surface area contributed by atoms with Crippen LogP contribution in [0.2, 0.25) is 19.6 Å². The third-order valence-corrected chi connectivity index (χ3v) is 4.45. The molecule has 2 heteroatoms. The van der Waals surface area contributed by atoms with E-state index in [4.69, 9.17) is 4.43 Å². The molecule has 2 rings (SSSR count).